The van der Waals surface area contributed by atoms with Crippen molar-refractivity contribution in [1.29, 1.82) is 0 Å². The van der Waals surface area contributed by atoms with Crippen LogP contribution in [0.25, 0.3) is 0 Å². The molecule has 0 saturated carbocycles. The predicted octanol–water partition coefficient (Wildman–Crippen LogP) is -2.16. The van der Waals surface area contributed by atoms with Gasteiger partial charge in [0.05, 0.1) is 12.5 Å². The maximum Gasteiger partial charge on any atom is 1.00 e. The fourth-order valence-electron chi connectivity index (χ4n) is 0.423. The van der Waals surface area contributed by atoms with Crippen LogP contribution in [0.1, 0.15) is 22.2 Å². The summed E-state index contributed by atoms with van der Waals surface area (Å²) in [4.78, 5) is 20.1. The normalized spacial score (nSPS) is 8.94. The molecule has 0 spiro atoms. The molecule has 2 N–H and O–H groups in total. The number of carbonyl (C=O) groups excluding carboxylic acids is 2. The summed E-state index contributed by atoms with van der Waals surface area (Å²) in [5.41, 5.74) is 0. The van der Waals surface area contributed by atoms with E-state index >= 15 is 0 Å². The van der Waals surface area contributed by atoms with Crippen molar-refractivity contribution in [2.24, 2.45) is 0 Å². The zero-order chi connectivity index (χ0) is 13.7. The molecule has 0 rings (SSSR count). The Labute approximate surface area is 119 Å². The average molecular weight is 254 g/mol. The maximum atomic E-state index is 10.4. The number of ether oxygens (including phenoxy) is 2. The fourth-order valence-corrected chi connectivity index (χ4v) is 0.423. The SMILES string of the molecule is CC(=O)OB(O)O.CC=COC(=O)OC=CC.[H-].[Li+]. The van der Waals surface area contributed by atoms with Crippen LogP contribution in [0.4, 0.5) is 4.79 Å². The van der Waals surface area contributed by atoms with E-state index in [0.29, 0.717) is 0 Å². The molecule has 7 nitrogen and oxygen atoms in total. The molecule has 0 aromatic carbocycles. The Morgan fingerprint density at radius 1 is 1.11 bits per heavy atom. The molecule has 0 aliphatic carbocycles. The van der Waals surface area contributed by atoms with Crippen molar-refractivity contribution in [2.45, 2.75) is 20.8 Å². The van der Waals surface area contributed by atoms with Crippen LogP contribution >= 0.6 is 0 Å². The van der Waals surface area contributed by atoms with Crippen molar-refractivity contribution in [2.75, 3.05) is 0 Å². The Hall–Kier alpha value is -1.20. The molecule has 0 aliphatic rings. The van der Waals surface area contributed by atoms with E-state index in [-0.39, 0.29) is 20.3 Å². The monoisotopic (exact) mass is 254 g/mol. The predicted molar refractivity (Wildman–Crippen MR) is 60.3 cm³/mol. The van der Waals surface area contributed by atoms with Crippen LogP contribution in [0, 0.1) is 0 Å². The van der Waals surface area contributed by atoms with E-state index < -0.39 is 19.4 Å². The number of allylic oxidation sites excluding steroid dienone is 2. The molecule has 0 unspecified atom stereocenters. The largest absolute Gasteiger partial charge is 1.00 e. The van der Waals surface area contributed by atoms with Crippen LogP contribution in [0.3, 0.4) is 0 Å². The van der Waals surface area contributed by atoms with E-state index in [2.05, 4.69) is 14.1 Å². The first-order chi connectivity index (χ1) is 7.93. The summed E-state index contributed by atoms with van der Waals surface area (Å²) in [7, 11) is -1.97. The summed E-state index contributed by atoms with van der Waals surface area (Å²) in [6.45, 7) is 4.56. The zero-order valence-corrected chi connectivity index (χ0v) is 10.8. The minimum Gasteiger partial charge on any atom is -1.00 e. The molecule has 18 heavy (non-hydrogen) atoms. The molecule has 0 fully saturated rings. The van der Waals surface area contributed by atoms with Gasteiger partial charge >= 0.3 is 32.3 Å². The second kappa shape index (κ2) is 15.8. The topological polar surface area (TPSA) is 102 Å². The molecule has 0 atom stereocenters. The number of carbonyl (C=O) groups is 2. The van der Waals surface area contributed by atoms with Crippen LogP contribution in [0.2, 0.25) is 0 Å². The summed E-state index contributed by atoms with van der Waals surface area (Å²) in [5, 5.41) is 15.7. The summed E-state index contributed by atoms with van der Waals surface area (Å²) in [5.74, 6) is -0.713. The second-order valence-corrected chi connectivity index (χ2v) is 2.36. The Balaban J connectivity index is -0.000000112. The van der Waals surface area contributed by atoms with Gasteiger partial charge in [-0.05, 0) is 13.8 Å². The zero-order valence-electron chi connectivity index (χ0n) is 11.8. The molecular formula is C9H16BLiO7. The molecule has 0 amide bonds. The Morgan fingerprint density at radius 3 is 1.67 bits per heavy atom. The average Bonchev–Trinajstić information content (AvgIpc) is 2.22. The molecule has 0 aliphatic heterocycles. The van der Waals surface area contributed by atoms with Gasteiger partial charge in [-0.2, -0.15) is 0 Å². The Bertz CT molecular complexity index is 268. The van der Waals surface area contributed by atoms with Gasteiger partial charge in [0, 0.05) is 6.92 Å². The first-order valence-corrected chi connectivity index (χ1v) is 4.57. The van der Waals surface area contributed by atoms with Gasteiger partial charge in [-0.3, -0.25) is 4.79 Å². The van der Waals surface area contributed by atoms with Crippen molar-refractivity contribution in [1.82, 2.24) is 0 Å². The third kappa shape index (κ3) is 24.2. The molecule has 0 aromatic heterocycles. The van der Waals surface area contributed by atoms with Crippen LogP contribution < -0.4 is 18.9 Å². The van der Waals surface area contributed by atoms with Crippen molar-refractivity contribution in [3.8, 4) is 0 Å². The molecule has 0 bridgehead atoms. The van der Waals surface area contributed by atoms with E-state index in [1.54, 1.807) is 26.0 Å². The molecule has 0 aromatic rings. The van der Waals surface area contributed by atoms with Crippen LogP contribution in [-0.2, 0) is 18.9 Å². The Morgan fingerprint density at radius 2 is 1.50 bits per heavy atom. The maximum absolute atomic E-state index is 10.4. The van der Waals surface area contributed by atoms with E-state index in [4.69, 9.17) is 10.0 Å². The van der Waals surface area contributed by atoms with E-state index in [0.717, 1.165) is 6.92 Å². The summed E-state index contributed by atoms with van der Waals surface area (Å²) in [6.07, 6.45) is 4.97. The summed E-state index contributed by atoms with van der Waals surface area (Å²) in [6, 6.07) is 0. The van der Waals surface area contributed by atoms with Gasteiger partial charge in [0.25, 0.3) is 5.97 Å². The molecule has 0 heterocycles. The van der Waals surface area contributed by atoms with Gasteiger partial charge in [-0.1, -0.05) is 12.2 Å². The summed E-state index contributed by atoms with van der Waals surface area (Å²) >= 11 is 0. The molecular weight excluding hydrogens is 238 g/mol. The minimum atomic E-state index is -1.97. The van der Waals surface area contributed by atoms with Gasteiger partial charge < -0.3 is 25.6 Å². The van der Waals surface area contributed by atoms with Crippen molar-refractivity contribution >= 4 is 19.4 Å². The quantitative estimate of drug-likeness (QED) is 0.336. The van der Waals surface area contributed by atoms with Crippen molar-refractivity contribution in [3.63, 3.8) is 0 Å². The van der Waals surface area contributed by atoms with Crippen molar-refractivity contribution < 1.29 is 54.1 Å². The smallest absolute Gasteiger partial charge is 1.00 e. The number of rotatable bonds is 3. The fraction of sp³-hybridized carbons (Fsp3) is 0.333. The molecule has 98 valence electrons. The third-order valence-corrected chi connectivity index (χ3v) is 0.872. The van der Waals surface area contributed by atoms with Crippen LogP contribution in [0.15, 0.2) is 24.7 Å². The first kappa shape index (κ1) is 22.0. The molecule has 9 heteroatoms. The van der Waals surface area contributed by atoms with E-state index in [1.165, 1.54) is 12.5 Å². The molecule has 0 saturated heterocycles. The molecule has 0 radical (unpaired) electrons. The van der Waals surface area contributed by atoms with Gasteiger partial charge in [-0.15, -0.1) is 0 Å². The van der Waals surface area contributed by atoms with Gasteiger partial charge in [0.2, 0.25) is 0 Å². The minimum absolute atomic E-state index is 0. The summed E-state index contributed by atoms with van der Waals surface area (Å²) < 4.78 is 12.5. The van der Waals surface area contributed by atoms with E-state index in [1.807, 2.05) is 0 Å². The standard InChI is InChI=1S/C7H10O3.C2H5BO4.Li.H/c1-3-5-9-7(8)10-6-4-2;1-2(4)7-3(5)6;;/h3-6H,1-2H3;5-6H,1H3;;/q;;+1;-1. The first-order valence-electron chi connectivity index (χ1n) is 4.57. The number of hydrogen-bond donors (Lipinski definition) is 2. The third-order valence-electron chi connectivity index (χ3n) is 0.872. The second-order valence-electron chi connectivity index (χ2n) is 2.36. The van der Waals surface area contributed by atoms with Crippen LogP contribution in [0.5, 0.6) is 0 Å². The van der Waals surface area contributed by atoms with Crippen molar-refractivity contribution in [3.05, 3.63) is 24.7 Å². The van der Waals surface area contributed by atoms with Gasteiger partial charge in [-0.25, -0.2) is 4.79 Å². The van der Waals surface area contributed by atoms with E-state index in [9.17, 15) is 9.59 Å². The van der Waals surface area contributed by atoms with Gasteiger partial charge in [0.1, 0.15) is 0 Å². The van der Waals surface area contributed by atoms with Gasteiger partial charge in [0.15, 0.2) is 0 Å². The van der Waals surface area contributed by atoms with Crippen LogP contribution in [-0.4, -0.2) is 29.5 Å². The Kier molecular flexibility index (Phi) is 19.3. The number of hydrogen-bond acceptors (Lipinski definition) is 7.